The van der Waals surface area contributed by atoms with Crippen LogP contribution in [0.15, 0.2) is 67.0 Å². The molecule has 0 radical (unpaired) electrons. The maximum Gasteiger partial charge on any atom is 0.257 e. The third kappa shape index (κ3) is 3.52. The van der Waals surface area contributed by atoms with Crippen molar-refractivity contribution in [2.45, 2.75) is 6.54 Å². The third-order valence-electron chi connectivity index (χ3n) is 4.20. The molecule has 1 amide bonds. The van der Waals surface area contributed by atoms with Gasteiger partial charge in [-0.3, -0.25) is 9.78 Å². The van der Waals surface area contributed by atoms with Gasteiger partial charge in [-0.25, -0.2) is 4.68 Å². The summed E-state index contributed by atoms with van der Waals surface area (Å²) in [5, 5.41) is 8.94. The van der Waals surface area contributed by atoms with Gasteiger partial charge in [0.1, 0.15) is 5.82 Å². The van der Waals surface area contributed by atoms with E-state index in [1.54, 1.807) is 35.3 Å². The number of pyridine rings is 1. The van der Waals surface area contributed by atoms with Crippen LogP contribution < -0.4 is 5.32 Å². The second-order valence-corrected chi connectivity index (χ2v) is 6.70. The number of fused-ring (bicyclic) bond motifs is 1. The Kier molecular flexibility index (Phi) is 4.79. The molecule has 0 spiro atoms. The van der Waals surface area contributed by atoms with Gasteiger partial charge in [0.25, 0.3) is 5.91 Å². The fraction of sp³-hybridized carbons (Fsp3) is 0.0500. The van der Waals surface area contributed by atoms with Crippen molar-refractivity contribution >= 4 is 45.8 Å². The summed E-state index contributed by atoms with van der Waals surface area (Å²) in [7, 11) is 0. The van der Waals surface area contributed by atoms with Gasteiger partial charge in [-0.2, -0.15) is 5.10 Å². The van der Waals surface area contributed by atoms with E-state index in [2.05, 4.69) is 15.4 Å². The van der Waals surface area contributed by atoms with E-state index in [0.717, 1.165) is 16.5 Å². The maximum atomic E-state index is 12.8. The highest BCUT2D eigenvalue weighted by Gasteiger charge is 2.14. The molecule has 4 rings (SSSR count). The zero-order valence-corrected chi connectivity index (χ0v) is 15.6. The average molecular weight is 397 g/mol. The molecule has 27 heavy (non-hydrogen) atoms. The molecule has 4 aromatic rings. The van der Waals surface area contributed by atoms with Gasteiger partial charge in [0.05, 0.1) is 28.3 Å². The second-order valence-electron chi connectivity index (χ2n) is 5.92. The van der Waals surface area contributed by atoms with E-state index in [1.807, 2.05) is 36.4 Å². The van der Waals surface area contributed by atoms with Crippen LogP contribution in [0.25, 0.3) is 10.9 Å². The minimum Gasteiger partial charge on any atom is -0.307 e. The molecule has 2 aromatic heterocycles. The number of nitrogens with zero attached hydrogens (tertiary/aromatic N) is 3. The Balaban J connectivity index is 1.61. The van der Waals surface area contributed by atoms with E-state index >= 15 is 0 Å². The van der Waals surface area contributed by atoms with Crippen molar-refractivity contribution in [1.29, 1.82) is 0 Å². The van der Waals surface area contributed by atoms with Crippen LogP contribution in [0.5, 0.6) is 0 Å². The number of nitrogens with one attached hydrogen (secondary N) is 1. The molecule has 0 aliphatic rings. The highest BCUT2D eigenvalue weighted by atomic mass is 35.5. The van der Waals surface area contributed by atoms with E-state index in [4.69, 9.17) is 23.2 Å². The highest BCUT2D eigenvalue weighted by Crippen LogP contribution is 2.27. The molecule has 7 heteroatoms. The Hall–Kier alpha value is -2.89. The smallest absolute Gasteiger partial charge is 0.257 e. The monoisotopic (exact) mass is 396 g/mol. The van der Waals surface area contributed by atoms with Crippen LogP contribution in [0.4, 0.5) is 5.82 Å². The van der Waals surface area contributed by atoms with Crippen molar-refractivity contribution in [2.24, 2.45) is 0 Å². The van der Waals surface area contributed by atoms with E-state index in [9.17, 15) is 4.79 Å². The van der Waals surface area contributed by atoms with Crippen LogP contribution >= 0.6 is 23.2 Å². The lowest BCUT2D eigenvalue weighted by Gasteiger charge is -2.11. The molecular weight excluding hydrogens is 383 g/mol. The van der Waals surface area contributed by atoms with Gasteiger partial charge in [0, 0.05) is 23.2 Å². The van der Waals surface area contributed by atoms with Crippen molar-refractivity contribution in [3.8, 4) is 0 Å². The van der Waals surface area contributed by atoms with Gasteiger partial charge in [0.2, 0.25) is 0 Å². The first-order valence-corrected chi connectivity index (χ1v) is 8.99. The van der Waals surface area contributed by atoms with E-state index in [1.165, 1.54) is 0 Å². The number of amides is 1. The molecule has 5 nitrogen and oxygen atoms in total. The Bertz CT molecular complexity index is 1130. The Labute approximate surface area is 165 Å². The molecule has 0 bridgehead atoms. The van der Waals surface area contributed by atoms with Crippen molar-refractivity contribution in [3.05, 3.63) is 88.2 Å². The summed E-state index contributed by atoms with van der Waals surface area (Å²) in [5.41, 5.74) is 2.14. The van der Waals surface area contributed by atoms with Crippen LogP contribution in [0, 0.1) is 0 Å². The lowest BCUT2D eigenvalue weighted by atomic mass is 10.1. The molecule has 0 aliphatic heterocycles. The van der Waals surface area contributed by atoms with E-state index in [0.29, 0.717) is 28.0 Å². The summed E-state index contributed by atoms with van der Waals surface area (Å²) in [6.07, 6.45) is 3.33. The molecule has 0 atom stereocenters. The fourth-order valence-electron chi connectivity index (χ4n) is 2.88. The standard InChI is InChI=1S/C20H14Cl2N4O/c21-16-7-1-4-13(19(16)22)12-26-18(9-11-24-26)25-20(27)15-5-2-8-17-14(15)6-3-10-23-17/h1-11H,12H2,(H,25,27). The van der Waals surface area contributed by atoms with Crippen molar-refractivity contribution in [2.75, 3.05) is 5.32 Å². The second kappa shape index (κ2) is 7.39. The SMILES string of the molecule is O=C(Nc1ccnn1Cc1cccc(Cl)c1Cl)c1cccc2ncccc12. The van der Waals surface area contributed by atoms with Crippen molar-refractivity contribution in [1.82, 2.24) is 14.8 Å². The summed E-state index contributed by atoms with van der Waals surface area (Å²) in [5.74, 6) is 0.337. The highest BCUT2D eigenvalue weighted by molar-refractivity contribution is 6.42. The zero-order valence-electron chi connectivity index (χ0n) is 14.1. The molecule has 0 fully saturated rings. The van der Waals surface area contributed by atoms with E-state index < -0.39 is 0 Å². The number of anilines is 1. The maximum absolute atomic E-state index is 12.8. The number of carbonyl (C=O) groups is 1. The average Bonchev–Trinajstić information content (AvgIpc) is 3.11. The molecule has 2 aromatic carbocycles. The fourth-order valence-corrected chi connectivity index (χ4v) is 3.26. The third-order valence-corrected chi connectivity index (χ3v) is 5.06. The molecule has 0 saturated heterocycles. The molecule has 1 N–H and O–H groups in total. The summed E-state index contributed by atoms with van der Waals surface area (Å²) in [4.78, 5) is 17.1. The van der Waals surface area contributed by atoms with Crippen molar-refractivity contribution < 1.29 is 4.79 Å². The molecule has 0 unspecified atom stereocenters. The van der Waals surface area contributed by atoms with Gasteiger partial charge < -0.3 is 5.32 Å². The van der Waals surface area contributed by atoms with E-state index in [-0.39, 0.29) is 5.91 Å². The number of hydrogen-bond acceptors (Lipinski definition) is 3. The zero-order chi connectivity index (χ0) is 18.8. The lowest BCUT2D eigenvalue weighted by Crippen LogP contribution is -2.16. The number of halogens is 2. The van der Waals surface area contributed by atoms with Crippen LogP contribution in [0.2, 0.25) is 10.0 Å². The Morgan fingerprint density at radius 2 is 1.85 bits per heavy atom. The number of hydrogen-bond donors (Lipinski definition) is 1. The number of rotatable bonds is 4. The molecular formula is C20H14Cl2N4O. The first-order chi connectivity index (χ1) is 13.1. The molecule has 0 saturated carbocycles. The first-order valence-electron chi connectivity index (χ1n) is 8.23. The minimum atomic E-state index is -0.229. The molecule has 2 heterocycles. The van der Waals surface area contributed by atoms with Gasteiger partial charge in [0.15, 0.2) is 0 Å². The number of aromatic nitrogens is 3. The van der Waals surface area contributed by atoms with Gasteiger partial charge in [-0.1, -0.05) is 47.5 Å². The minimum absolute atomic E-state index is 0.229. The summed E-state index contributed by atoms with van der Waals surface area (Å²) < 4.78 is 1.67. The molecule has 134 valence electrons. The van der Waals surface area contributed by atoms with Gasteiger partial charge >= 0.3 is 0 Å². The van der Waals surface area contributed by atoms with Crippen molar-refractivity contribution in [3.63, 3.8) is 0 Å². The van der Waals surface area contributed by atoms with Crippen LogP contribution in [-0.4, -0.2) is 20.7 Å². The topological polar surface area (TPSA) is 59.8 Å². The predicted octanol–water partition coefficient (Wildman–Crippen LogP) is 5.04. The Morgan fingerprint density at radius 1 is 1.00 bits per heavy atom. The molecule has 0 aliphatic carbocycles. The van der Waals surface area contributed by atoms with Gasteiger partial charge in [-0.05, 0) is 29.8 Å². The number of carbonyl (C=O) groups excluding carboxylic acids is 1. The predicted molar refractivity (Wildman–Crippen MR) is 107 cm³/mol. The summed E-state index contributed by atoms with van der Waals surface area (Å²) in [6, 6.07) is 16.3. The normalized spacial score (nSPS) is 10.9. The van der Waals surface area contributed by atoms with Crippen LogP contribution in [0.1, 0.15) is 15.9 Å². The Morgan fingerprint density at radius 3 is 2.74 bits per heavy atom. The summed E-state index contributed by atoms with van der Waals surface area (Å²) >= 11 is 12.3. The largest absolute Gasteiger partial charge is 0.307 e. The quantitative estimate of drug-likeness (QED) is 0.525. The first kappa shape index (κ1) is 17.5. The summed E-state index contributed by atoms with van der Waals surface area (Å²) in [6.45, 7) is 0.388. The lowest BCUT2D eigenvalue weighted by molar-refractivity contribution is 0.102. The van der Waals surface area contributed by atoms with Crippen LogP contribution in [-0.2, 0) is 6.54 Å². The van der Waals surface area contributed by atoms with Gasteiger partial charge in [-0.15, -0.1) is 0 Å². The number of benzene rings is 2. The van der Waals surface area contributed by atoms with Crippen LogP contribution in [0.3, 0.4) is 0 Å².